The monoisotopic (exact) mass is 250 g/mol. The molecule has 2 nitrogen and oxygen atoms in total. The summed E-state index contributed by atoms with van der Waals surface area (Å²) in [5.74, 6) is 0.188. The van der Waals surface area contributed by atoms with Crippen LogP contribution in [-0.4, -0.2) is 23.5 Å². The van der Waals surface area contributed by atoms with Gasteiger partial charge in [-0.3, -0.25) is 4.90 Å². The van der Waals surface area contributed by atoms with Crippen molar-refractivity contribution in [3.05, 3.63) is 29.6 Å². The Labute approximate surface area is 109 Å². The van der Waals surface area contributed by atoms with E-state index in [-0.39, 0.29) is 11.4 Å². The Hall–Kier alpha value is -1.09. The molecule has 1 heterocycles. The minimum atomic E-state index is -0.149. The van der Waals surface area contributed by atoms with Crippen LogP contribution in [0.5, 0.6) is 0 Å². The van der Waals surface area contributed by atoms with Crippen molar-refractivity contribution in [1.29, 1.82) is 0 Å². The highest BCUT2D eigenvalue weighted by atomic mass is 19.1. The summed E-state index contributed by atoms with van der Waals surface area (Å²) in [7, 11) is 0. The maximum atomic E-state index is 13.9. The van der Waals surface area contributed by atoms with Gasteiger partial charge < -0.3 is 5.73 Å². The van der Waals surface area contributed by atoms with E-state index >= 15 is 0 Å². The van der Waals surface area contributed by atoms with E-state index in [9.17, 15) is 4.39 Å². The SMILES string of the molecule is CC(C)(C)N1CCC(c2ccc(N)cc2F)CC1. The van der Waals surface area contributed by atoms with Crippen LogP contribution in [0.4, 0.5) is 10.1 Å². The number of anilines is 1. The van der Waals surface area contributed by atoms with Gasteiger partial charge in [0.1, 0.15) is 5.82 Å². The van der Waals surface area contributed by atoms with E-state index in [0.29, 0.717) is 11.6 Å². The molecule has 1 aromatic rings. The lowest BCUT2D eigenvalue weighted by Gasteiger charge is -2.41. The minimum absolute atomic E-state index is 0.149. The zero-order valence-electron chi connectivity index (χ0n) is 11.5. The Morgan fingerprint density at radius 2 is 1.83 bits per heavy atom. The topological polar surface area (TPSA) is 29.3 Å². The summed E-state index contributed by atoms with van der Waals surface area (Å²) in [6.07, 6.45) is 2.05. The first-order valence-corrected chi connectivity index (χ1v) is 6.68. The molecule has 1 fully saturated rings. The highest BCUT2D eigenvalue weighted by Gasteiger charge is 2.28. The molecule has 0 aromatic heterocycles. The largest absolute Gasteiger partial charge is 0.399 e. The van der Waals surface area contributed by atoms with Gasteiger partial charge >= 0.3 is 0 Å². The zero-order chi connectivity index (χ0) is 13.3. The molecule has 100 valence electrons. The summed E-state index contributed by atoms with van der Waals surface area (Å²) in [6, 6.07) is 5.09. The number of halogens is 1. The van der Waals surface area contributed by atoms with Crippen LogP contribution in [-0.2, 0) is 0 Å². The minimum Gasteiger partial charge on any atom is -0.399 e. The Bertz CT molecular complexity index is 415. The number of hydrogen-bond acceptors (Lipinski definition) is 2. The van der Waals surface area contributed by atoms with Gasteiger partial charge in [0.15, 0.2) is 0 Å². The Morgan fingerprint density at radius 3 is 2.33 bits per heavy atom. The van der Waals surface area contributed by atoms with Crippen molar-refractivity contribution in [3.63, 3.8) is 0 Å². The summed E-state index contributed by atoms with van der Waals surface area (Å²) < 4.78 is 13.9. The maximum absolute atomic E-state index is 13.9. The summed E-state index contributed by atoms with van der Waals surface area (Å²) in [6.45, 7) is 8.78. The Balaban J connectivity index is 2.06. The lowest BCUT2D eigenvalue weighted by atomic mass is 9.87. The Morgan fingerprint density at radius 1 is 1.22 bits per heavy atom. The van der Waals surface area contributed by atoms with Crippen LogP contribution in [0.1, 0.15) is 45.1 Å². The van der Waals surface area contributed by atoms with E-state index in [4.69, 9.17) is 5.73 Å². The molecule has 1 aliphatic heterocycles. The van der Waals surface area contributed by atoms with Gasteiger partial charge in [0.05, 0.1) is 0 Å². The van der Waals surface area contributed by atoms with Crippen molar-refractivity contribution in [2.45, 2.75) is 45.1 Å². The van der Waals surface area contributed by atoms with Gasteiger partial charge in [-0.2, -0.15) is 0 Å². The standard InChI is InChI=1S/C15H23FN2/c1-15(2,3)18-8-6-11(7-9-18)13-5-4-12(17)10-14(13)16/h4-5,10-11H,6-9,17H2,1-3H3. The lowest BCUT2D eigenvalue weighted by molar-refractivity contribution is 0.102. The van der Waals surface area contributed by atoms with Gasteiger partial charge in [-0.15, -0.1) is 0 Å². The second-order valence-corrected chi connectivity index (χ2v) is 6.21. The average Bonchev–Trinajstić information content (AvgIpc) is 2.28. The third kappa shape index (κ3) is 2.83. The quantitative estimate of drug-likeness (QED) is 0.774. The summed E-state index contributed by atoms with van der Waals surface area (Å²) in [4.78, 5) is 2.47. The van der Waals surface area contributed by atoms with Gasteiger partial charge in [0.25, 0.3) is 0 Å². The van der Waals surface area contributed by atoms with Crippen molar-refractivity contribution in [2.24, 2.45) is 0 Å². The predicted octanol–water partition coefficient (Wildman–Crippen LogP) is 3.39. The lowest BCUT2D eigenvalue weighted by Crippen LogP contribution is -2.45. The third-order valence-corrected chi connectivity index (χ3v) is 3.91. The van der Waals surface area contributed by atoms with Crippen LogP contribution in [0.3, 0.4) is 0 Å². The van der Waals surface area contributed by atoms with Gasteiger partial charge in [-0.1, -0.05) is 6.07 Å². The fraction of sp³-hybridized carbons (Fsp3) is 0.600. The normalized spacial score (nSPS) is 19.1. The first-order chi connectivity index (χ1) is 8.38. The first-order valence-electron chi connectivity index (χ1n) is 6.68. The molecule has 1 saturated heterocycles. The molecule has 3 heteroatoms. The molecule has 2 N–H and O–H groups in total. The molecular weight excluding hydrogens is 227 g/mol. The number of hydrogen-bond donors (Lipinski definition) is 1. The first kappa shape index (κ1) is 13.3. The van der Waals surface area contributed by atoms with Crippen LogP contribution in [0.25, 0.3) is 0 Å². The van der Waals surface area contributed by atoms with E-state index in [1.54, 1.807) is 6.07 Å². The average molecular weight is 250 g/mol. The van der Waals surface area contributed by atoms with Crippen molar-refractivity contribution in [1.82, 2.24) is 4.90 Å². The second kappa shape index (κ2) is 4.88. The number of likely N-dealkylation sites (tertiary alicyclic amines) is 1. The summed E-state index contributed by atoms with van der Waals surface area (Å²) in [5, 5.41) is 0. The molecule has 0 bridgehead atoms. The van der Waals surface area contributed by atoms with Crippen molar-refractivity contribution in [2.75, 3.05) is 18.8 Å². The molecule has 0 radical (unpaired) electrons. The van der Waals surface area contributed by atoms with E-state index in [2.05, 4.69) is 25.7 Å². The van der Waals surface area contributed by atoms with Crippen LogP contribution < -0.4 is 5.73 Å². The third-order valence-electron chi connectivity index (χ3n) is 3.91. The number of nitrogen functional groups attached to an aromatic ring is 1. The highest BCUT2D eigenvalue weighted by Crippen LogP contribution is 2.32. The molecule has 0 aliphatic carbocycles. The molecule has 0 atom stereocenters. The number of nitrogens with zero attached hydrogens (tertiary/aromatic N) is 1. The van der Waals surface area contributed by atoms with E-state index in [1.807, 2.05) is 6.07 Å². The molecular formula is C15H23FN2. The molecule has 18 heavy (non-hydrogen) atoms. The van der Waals surface area contributed by atoms with Gasteiger partial charge in [-0.25, -0.2) is 4.39 Å². The van der Waals surface area contributed by atoms with E-state index < -0.39 is 0 Å². The fourth-order valence-corrected chi connectivity index (χ4v) is 2.74. The van der Waals surface area contributed by atoms with Crippen LogP contribution in [0.15, 0.2) is 18.2 Å². The van der Waals surface area contributed by atoms with Gasteiger partial charge in [0, 0.05) is 11.2 Å². The van der Waals surface area contributed by atoms with Gasteiger partial charge in [0.2, 0.25) is 0 Å². The van der Waals surface area contributed by atoms with Gasteiger partial charge in [-0.05, 0) is 70.3 Å². The molecule has 1 aliphatic rings. The summed E-state index contributed by atoms with van der Waals surface area (Å²) in [5.41, 5.74) is 7.14. The molecule has 0 spiro atoms. The fourth-order valence-electron chi connectivity index (χ4n) is 2.74. The van der Waals surface area contributed by atoms with Crippen LogP contribution in [0.2, 0.25) is 0 Å². The Kier molecular flexibility index (Phi) is 3.62. The molecule has 0 saturated carbocycles. The molecule has 0 amide bonds. The van der Waals surface area contributed by atoms with Crippen molar-refractivity contribution in [3.8, 4) is 0 Å². The number of piperidine rings is 1. The molecule has 0 unspecified atom stereocenters. The highest BCUT2D eigenvalue weighted by molar-refractivity contribution is 5.41. The smallest absolute Gasteiger partial charge is 0.128 e. The van der Waals surface area contributed by atoms with Crippen molar-refractivity contribution >= 4 is 5.69 Å². The van der Waals surface area contributed by atoms with Crippen molar-refractivity contribution < 1.29 is 4.39 Å². The van der Waals surface area contributed by atoms with E-state index in [1.165, 1.54) is 6.07 Å². The summed E-state index contributed by atoms with van der Waals surface area (Å²) >= 11 is 0. The maximum Gasteiger partial charge on any atom is 0.128 e. The number of rotatable bonds is 1. The second-order valence-electron chi connectivity index (χ2n) is 6.21. The molecule has 2 rings (SSSR count). The van der Waals surface area contributed by atoms with E-state index in [0.717, 1.165) is 31.5 Å². The number of benzene rings is 1. The van der Waals surface area contributed by atoms with Crippen LogP contribution >= 0.6 is 0 Å². The van der Waals surface area contributed by atoms with Crippen LogP contribution in [0, 0.1) is 5.82 Å². The predicted molar refractivity (Wildman–Crippen MR) is 74.1 cm³/mol. The number of nitrogens with two attached hydrogens (primary N) is 1. The molecule has 1 aromatic carbocycles. The zero-order valence-corrected chi connectivity index (χ0v) is 11.5.